The van der Waals surface area contributed by atoms with Crippen molar-refractivity contribution in [3.63, 3.8) is 0 Å². The van der Waals surface area contributed by atoms with Gasteiger partial charge in [0.1, 0.15) is 5.82 Å². The number of hydrogen-bond acceptors (Lipinski definition) is 4. The van der Waals surface area contributed by atoms with E-state index < -0.39 is 0 Å². The maximum Gasteiger partial charge on any atom is 0.254 e. The van der Waals surface area contributed by atoms with Crippen molar-refractivity contribution in [1.29, 1.82) is 0 Å². The van der Waals surface area contributed by atoms with Crippen molar-refractivity contribution in [3.05, 3.63) is 53.9 Å². The Bertz CT molecular complexity index is 796. The minimum atomic E-state index is -0.125. The van der Waals surface area contributed by atoms with Crippen LogP contribution >= 0.6 is 0 Å². The standard InChI is InChI=1S/C16H17N5O/c1-11-13(10-19-21-11)16(22)18-9-8-17-15-7-6-12-4-2-3-5-14(12)20-15/h2-7,10H,8-9H2,1H3,(H,17,20)(H,18,22)(H,19,21). The van der Waals surface area contributed by atoms with E-state index in [2.05, 4.69) is 25.8 Å². The van der Waals surface area contributed by atoms with Crippen molar-refractivity contribution < 1.29 is 4.79 Å². The van der Waals surface area contributed by atoms with Crippen molar-refractivity contribution in [2.75, 3.05) is 18.4 Å². The van der Waals surface area contributed by atoms with Crippen LogP contribution in [0.1, 0.15) is 16.1 Å². The third-order valence-electron chi connectivity index (χ3n) is 3.39. The lowest BCUT2D eigenvalue weighted by Gasteiger charge is -2.08. The number of aryl methyl sites for hydroxylation is 1. The minimum absolute atomic E-state index is 0.125. The number of fused-ring (bicyclic) bond motifs is 1. The molecule has 22 heavy (non-hydrogen) atoms. The molecule has 0 aliphatic heterocycles. The van der Waals surface area contributed by atoms with E-state index in [4.69, 9.17) is 0 Å². The van der Waals surface area contributed by atoms with Crippen LogP contribution in [0, 0.1) is 6.92 Å². The number of nitrogens with zero attached hydrogens (tertiary/aromatic N) is 2. The summed E-state index contributed by atoms with van der Waals surface area (Å²) in [5, 5.41) is 13.7. The highest BCUT2D eigenvalue weighted by molar-refractivity contribution is 5.94. The van der Waals surface area contributed by atoms with Gasteiger partial charge in [-0.2, -0.15) is 5.10 Å². The molecule has 3 aromatic rings. The van der Waals surface area contributed by atoms with Crippen LogP contribution in [-0.4, -0.2) is 34.2 Å². The van der Waals surface area contributed by atoms with E-state index in [1.165, 1.54) is 6.20 Å². The van der Waals surface area contributed by atoms with E-state index in [0.717, 1.165) is 22.4 Å². The van der Waals surface area contributed by atoms with Crippen LogP contribution in [-0.2, 0) is 0 Å². The van der Waals surface area contributed by atoms with Gasteiger partial charge in [-0.15, -0.1) is 0 Å². The Kier molecular flexibility index (Phi) is 4.00. The quantitative estimate of drug-likeness (QED) is 0.630. The van der Waals surface area contributed by atoms with Crippen LogP contribution in [0.25, 0.3) is 10.9 Å². The molecule has 0 unspecified atom stereocenters. The summed E-state index contributed by atoms with van der Waals surface area (Å²) < 4.78 is 0. The maximum atomic E-state index is 11.9. The summed E-state index contributed by atoms with van der Waals surface area (Å²) in [6, 6.07) is 11.9. The van der Waals surface area contributed by atoms with Gasteiger partial charge in [0.2, 0.25) is 0 Å². The number of nitrogens with one attached hydrogen (secondary N) is 3. The topological polar surface area (TPSA) is 82.7 Å². The van der Waals surface area contributed by atoms with E-state index in [-0.39, 0.29) is 5.91 Å². The van der Waals surface area contributed by atoms with Crippen molar-refractivity contribution in [1.82, 2.24) is 20.5 Å². The summed E-state index contributed by atoms with van der Waals surface area (Å²) in [6.07, 6.45) is 1.53. The van der Waals surface area contributed by atoms with Gasteiger partial charge in [0.25, 0.3) is 5.91 Å². The van der Waals surface area contributed by atoms with Crippen LogP contribution in [0.3, 0.4) is 0 Å². The molecule has 3 rings (SSSR count). The number of para-hydroxylation sites is 1. The molecule has 0 aliphatic rings. The normalized spacial score (nSPS) is 10.6. The molecule has 1 aromatic carbocycles. The molecule has 0 saturated heterocycles. The van der Waals surface area contributed by atoms with Crippen molar-refractivity contribution in [3.8, 4) is 0 Å². The summed E-state index contributed by atoms with van der Waals surface area (Å²) in [5.74, 6) is 0.673. The minimum Gasteiger partial charge on any atom is -0.368 e. The molecule has 0 saturated carbocycles. The second-order valence-corrected chi connectivity index (χ2v) is 4.98. The molecule has 0 radical (unpaired) electrons. The van der Waals surface area contributed by atoms with Gasteiger partial charge in [-0.1, -0.05) is 18.2 Å². The van der Waals surface area contributed by atoms with Crippen LogP contribution < -0.4 is 10.6 Å². The smallest absolute Gasteiger partial charge is 0.254 e. The summed E-state index contributed by atoms with van der Waals surface area (Å²) in [4.78, 5) is 16.4. The van der Waals surface area contributed by atoms with Gasteiger partial charge in [0.05, 0.1) is 17.3 Å². The second-order valence-electron chi connectivity index (χ2n) is 4.98. The number of rotatable bonds is 5. The van der Waals surface area contributed by atoms with Crippen molar-refractivity contribution in [2.24, 2.45) is 0 Å². The summed E-state index contributed by atoms with van der Waals surface area (Å²) in [6.45, 7) is 2.94. The molecule has 6 nitrogen and oxygen atoms in total. The number of benzene rings is 1. The number of anilines is 1. The molecule has 0 spiro atoms. The first kappa shape index (κ1) is 14.1. The first-order chi connectivity index (χ1) is 10.7. The summed E-state index contributed by atoms with van der Waals surface area (Å²) >= 11 is 0. The highest BCUT2D eigenvalue weighted by Gasteiger charge is 2.09. The molecular formula is C16H17N5O. The Morgan fingerprint density at radius 3 is 2.86 bits per heavy atom. The van der Waals surface area contributed by atoms with Crippen molar-refractivity contribution >= 4 is 22.6 Å². The third kappa shape index (κ3) is 3.06. The number of aromatic amines is 1. The Balaban J connectivity index is 1.52. The fourth-order valence-corrected chi connectivity index (χ4v) is 2.21. The van der Waals surface area contributed by atoms with Gasteiger partial charge in [-0.3, -0.25) is 9.89 Å². The second kappa shape index (κ2) is 6.26. The van der Waals surface area contributed by atoms with Crippen LogP contribution in [0.15, 0.2) is 42.6 Å². The lowest BCUT2D eigenvalue weighted by Crippen LogP contribution is -2.29. The SMILES string of the molecule is Cc1[nH]ncc1C(=O)NCCNc1ccc2ccccc2n1. The Morgan fingerprint density at radius 1 is 1.18 bits per heavy atom. The van der Waals surface area contributed by atoms with Gasteiger partial charge in [-0.25, -0.2) is 4.98 Å². The van der Waals surface area contributed by atoms with Gasteiger partial charge in [0, 0.05) is 24.2 Å². The van der Waals surface area contributed by atoms with E-state index >= 15 is 0 Å². The van der Waals surface area contributed by atoms with Gasteiger partial charge in [0.15, 0.2) is 0 Å². The molecule has 0 aliphatic carbocycles. The average Bonchev–Trinajstić information content (AvgIpc) is 2.97. The molecule has 1 amide bonds. The molecular weight excluding hydrogens is 278 g/mol. The van der Waals surface area contributed by atoms with E-state index in [1.807, 2.05) is 43.3 Å². The van der Waals surface area contributed by atoms with Gasteiger partial charge >= 0.3 is 0 Å². The van der Waals surface area contributed by atoms with E-state index in [9.17, 15) is 4.79 Å². The zero-order valence-corrected chi connectivity index (χ0v) is 12.3. The number of hydrogen-bond donors (Lipinski definition) is 3. The molecule has 3 N–H and O–H groups in total. The zero-order chi connectivity index (χ0) is 15.4. The largest absolute Gasteiger partial charge is 0.368 e. The first-order valence-corrected chi connectivity index (χ1v) is 7.12. The molecule has 2 aromatic heterocycles. The van der Waals surface area contributed by atoms with Crippen molar-refractivity contribution in [2.45, 2.75) is 6.92 Å². The molecule has 6 heteroatoms. The van der Waals surface area contributed by atoms with Crippen LogP contribution in [0.2, 0.25) is 0 Å². The number of carbonyl (C=O) groups excluding carboxylic acids is 1. The predicted octanol–water partition coefficient (Wildman–Crippen LogP) is 2.11. The molecule has 0 atom stereocenters. The monoisotopic (exact) mass is 295 g/mol. The highest BCUT2D eigenvalue weighted by Crippen LogP contribution is 2.14. The Labute approximate surface area is 128 Å². The fraction of sp³-hybridized carbons (Fsp3) is 0.188. The molecule has 0 fully saturated rings. The van der Waals surface area contributed by atoms with E-state index in [1.54, 1.807) is 0 Å². The molecule has 112 valence electrons. The molecule has 0 bridgehead atoms. The number of amides is 1. The Morgan fingerprint density at radius 2 is 2.05 bits per heavy atom. The lowest BCUT2D eigenvalue weighted by atomic mass is 10.2. The van der Waals surface area contributed by atoms with Crippen LogP contribution in [0.5, 0.6) is 0 Å². The fourth-order valence-electron chi connectivity index (χ4n) is 2.21. The first-order valence-electron chi connectivity index (χ1n) is 7.12. The molecule has 2 heterocycles. The summed E-state index contributed by atoms with van der Waals surface area (Å²) in [7, 11) is 0. The van der Waals surface area contributed by atoms with Gasteiger partial charge in [-0.05, 0) is 25.1 Å². The average molecular weight is 295 g/mol. The zero-order valence-electron chi connectivity index (χ0n) is 12.3. The maximum absolute atomic E-state index is 11.9. The van der Waals surface area contributed by atoms with E-state index in [0.29, 0.717) is 18.7 Å². The number of aromatic nitrogens is 3. The number of H-pyrrole nitrogens is 1. The third-order valence-corrected chi connectivity index (χ3v) is 3.39. The van der Waals surface area contributed by atoms with Crippen LogP contribution in [0.4, 0.5) is 5.82 Å². The predicted molar refractivity (Wildman–Crippen MR) is 85.9 cm³/mol. The number of pyridine rings is 1. The summed E-state index contributed by atoms with van der Waals surface area (Å²) in [5.41, 5.74) is 2.29. The van der Waals surface area contributed by atoms with Gasteiger partial charge < -0.3 is 10.6 Å². The lowest BCUT2D eigenvalue weighted by molar-refractivity contribution is 0.0954. The highest BCUT2D eigenvalue weighted by atomic mass is 16.1. The number of carbonyl (C=O) groups is 1. The Hall–Kier alpha value is -2.89.